The lowest BCUT2D eigenvalue weighted by Crippen LogP contribution is -2.30. The molecule has 0 radical (unpaired) electrons. The molecule has 0 amide bonds. The van der Waals surface area contributed by atoms with Crippen molar-refractivity contribution < 1.29 is 28.6 Å². The summed E-state index contributed by atoms with van der Waals surface area (Å²) in [7, 11) is 0. The minimum Gasteiger partial charge on any atom is -0.462 e. The first-order chi connectivity index (χ1) is 32.0. The highest BCUT2D eigenvalue weighted by atomic mass is 16.6. The van der Waals surface area contributed by atoms with Crippen LogP contribution in [0.15, 0.2) is 60.8 Å². The molecule has 0 aromatic heterocycles. The molecule has 0 saturated carbocycles. The third kappa shape index (κ3) is 51.9. The highest BCUT2D eigenvalue weighted by molar-refractivity contribution is 5.71. The van der Waals surface area contributed by atoms with Gasteiger partial charge in [-0.1, -0.05) is 236 Å². The molecule has 376 valence electrons. The minimum absolute atomic E-state index is 0.0921. The van der Waals surface area contributed by atoms with E-state index < -0.39 is 6.10 Å². The summed E-state index contributed by atoms with van der Waals surface area (Å²) in [4.78, 5) is 38.1. The van der Waals surface area contributed by atoms with Gasteiger partial charge in [0, 0.05) is 19.3 Å². The minimum atomic E-state index is -0.798. The third-order valence-electron chi connectivity index (χ3n) is 12.0. The van der Waals surface area contributed by atoms with Crippen molar-refractivity contribution in [3.63, 3.8) is 0 Å². The lowest BCUT2D eigenvalue weighted by atomic mass is 10.0. The van der Waals surface area contributed by atoms with Crippen LogP contribution in [0, 0.1) is 0 Å². The van der Waals surface area contributed by atoms with E-state index in [0.717, 1.165) is 77.0 Å². The van der Waals surface area contributed by atoms with Gasteiger partial charge in [-0.15, -0.1) is 0 Å². The quantitative estimate of drug-likeness (QED) is 0.0262. The van der Waals surface area contributed by atoms with Gasteiger partial charge in [0.15, 0.2) is 6.10 Å². The van der Waals surface area contributed by atoms with Gasteiger partial charge in [-0.3, -0.25) is 14.4 Å². The van der Waals surface area contributed by atoms with Crippen molar-refractivity contribution in [3.8, 4) is 0 Å². The van der Waals surface area contributed by atoms with Gasteiger partial charge in [0.25, 0.3) is 0 Å². The van der Waals surface area contributed by atoms with Crippen LogP contribution in [0.3, 0.4) is 0 Å². The smallest absolute Gasteiger partial charge is 0.306 e. The first kappa shape index (κ1) is 62.1. The van der Waals surface area contributed by atoms with E-state index in [1.54, 1.807) is 0 Å². The monoisotopic (exact) mass is 909 g/mol. The first-order valence-electron chi connectivity index (χ1n) is 27.8. The highest BCUT2D eigenvalue weighted by Gasteiger charge is 2.19. The van der Waals surface area contributed by atoms with Crippen molar-refractivity contribution in [1.82, 2.24) is 0 Å². The van der Waals surface area contributed by atoms with Gasteiger partial charge < -0.3 is 14.2 Å². The van der Waals surface area contributed by atoms with E-state index in [2.05, 4.69) is 81.5 Å². The molecule has 0 aliphatic carbocycles. The molecule has 0 saturated heterocycles. The Hall–Kier alpha value is -2.89. The van der Waals surface area contributed by atoms with E-state index in [9.17, 15) is 14.4 Å². The molecule has 0 fully saturated rings. The molecule has 0 bridgehead atoms. The summed E-state index contributed by atoms with van der Waals surface area (Å²) in [6.07, 6.45) is 66.4. The Bertz CT molecular complexity index is 1180. The van der Waals surface area contributed by atoms with Crippen molar-refractivity contribution in [3.05, 3.63) is 60.8 Å². The molecular weight excluding hydrogens is 805 g/mol. The Morgan fingerprint density at radius 1 is 0.308 bits per heavy atom. The number of esters is 3. The van der Waals surface area contributed by atoms with Crippen LogP contribution < -0.4 is 0 Å². The Kier molecular flexibility index (Phi) is 51.3. The summed E-state index contributed by atoms with van der Waals surface area (Å²) < 4.78 is 16.8. The molecule has 6 nitrogen and oxygen atoms in total. The highest BCUT2D eigenvalue weighted by Crippen LogP contribution is 2.15. The molecule has 6 heteroatoms. The average Bonchev–Trinajstić information content (AvgIpc) is 3.30. The fraction of sp³-hybridized carbons (Fsp3) is 0.780. The lowest BCUT2D eigenvalue weighted by molar-refractivity contribution is -0.167. The fourth-order valence-electron chi connectivity index (χ4n) is 7.78. The van der Waals surface area contributed by atoms with Crippen LogP contribution in [0.5, 0.6) is 0 Å². The van der Waals surface area contributed by atoms with Gasteiger partial charge in [0.2, 0.25) is 0 Å². The second-order valence-corrected chi connectivity index (χ2v) is 18.5. The zero-order valence-corrected chi connectivity index (χ0v) is 43.0. The van der Waals surface area contributed by atoms with Gasteiger partial charge in [0.05, 0.1) is 0 Å². The maximum Gasteiger partial charge on any atom is 0.306 e. The van der Waals surface area contributed by atoms with Crippen LogP contribution in [-0.4, -0.2) is 37.2 Å². The number of hydrogen-bond donors (Lipinski definition) is 0. The fourth-order valence-corrected chi connectivity index (χ4v) is 7.78. The number of carbonyl (C=O) groups excluding carboxylic acids is 3. The van der Waals surface area contributed by atoms with Crippen molar-refractivity contribution in [1.29, 1.82) is 0 Å². The summed E-state index contributed by atoms with van der Waals surface area (Å²) >= 11 is 0. The summed E-state index contributed by atoms with van der Waals surface area (Å²) in [5.74, 6) is -0.950. The first-order valence-corrected chi connectivity index (χ1v) is 27.8. The number of carbonyl (C=O) groups is 3. The zero-order chi connectivity index (χ0) is 47.2. The SMILES string of the molecule is CCCCC/C=C\C/C=C\C/C=C\C/C=C\CCCC(=O)OC[C@H](COC(=O)CCCCCCCCCCCCCCCCC)OC(=O)CCCCCCC/C=C\CCCCCCCC. The van der Waals surface area contributed by atoms with Crippen LogP contribution in [0.2, 0.25) is 0 Å². The Labute approximate surface area is 402 Å². The molecule has 0 aliphatic heterocycles. The van der Waals surface area contributed by atoms with Crippen molar-refractivity contribution in [2.24, 2.45) is 0 Å². The molecule has 1 atom stereocenters. The van der Waals surface area contributed by atoms with Crippen molar-refractivity contribution >= 4 is 17.9 Å². The molecule has 0 unspecified atom stereocenters. The van der Waals surface area contributed by atoms with Crippen LogP contribution in [-0.2, 0) is 28.6 Å². The van der Waals surface area contributed by atoms with Crippen LogP contribution in [0.25, 0.3) is 0 Å². The summed E-state index contributed by atoms with van der Waals surface area (Å²) in [6, 6.07) is 0. The molecule has 0 N–H and O–H groups in total. The van der Waals surface area contributed by atoms with Crippen molar-refractivity contribution in [2.45, 2.75) is 284 Å². The number of hydrogen-bond acceptors (Lipinski definition) is 6. The Morgan fingerprint density at radius 3 is 0.969 bits per heavy atom. The summed E-state index contributed by atoms with van der Waals surface area (Å²) in [6.45, 7) is 6.57. The van der Waals surface area contributed by atoms with Gasteiger partial charge in [-0.2, -0.15) is 0 Å². The lowest BCUT2D eigenvalue weighted by Gasteiger charge is -2.18. The van der Waals surface area contributed by atoms with Gasteiger partial charge >= 0.3 is 17.9 Å². The number of ether oxygens (including phenoxy) is 3. The largest absolute Gasteiger partial charge is 0.462 e. The zero-order valence-electron chi connectivity index (χ0n) is 43.0. The molecule has 0 rings (SSSR count). The van der Waals surface area contributed by atoms with Crippen LogP contribution in [0.4, 0.5) is 0 Å². The second kappa shape index (κ2) is 53.7. The molecule has 65 heavy (non-hydrogen) atoms. The standard InChI is InChI=1S/C59H104O6/c1-4-7-10-13-16-19-22-25-28-29-32-34-37-40-43-46-49-52-58(61)64-55-56(65-59(62)53-50-47-44-41-38-35-31-27-24-21-18-15-12-9-6-3)54-63-57(60)51-48-45-42-39-36-33-30-26-23-20-17-14-11-8-5-2/h16,19,25,27-28,31-32,34,40,43,56H,4-15,17-18,20-24,26,29-30,33,35-39,41-42,44-55H2,1-3H3/b19-16-,28-25-,31-27-,34-32-,43-40-/t56-/m0/s1. The van der Waals surface area contributed by atoms with Crippen molar-refractivity contribution in [2.75, 3.05) is 13.2 Å². The number of allylic oxidation sites excluding steroid dienone is 10. The van der Waals surface area contributed by atoms with E-state index in [0.29, 0.717) is 19.3 Å². The van der Waals surface area contributed by atoms with E-state index in [1.165, 1.54) is 154 Å². The number of unbranched alkanes of at least 4 members (excludes halogenated alkanes) is 29. The third-order valence-corrected chi connectivity index (χ3v) is 12.0. The normalized spacial score (nSPS) is 12.5. The predicted molar refractivity (Wildman–Crippen MR) is 279 cm³/mol. The van der Waals surface area contributed by atoms with Gasteiger partial charge in [-0.05, 0) is 83.5 Å². The number of rotatable bonds is 50. The van der Waals surface area contributed by atoms with E-state index >= 15 is 0 Å². The maximum atomic E-state index is 12.8. The summed E-state index contributed by atoms with van der Waals surface area (Å²) in [5, 5.41) is 0. The molecule has 0 heterocycles. The summed E-state index contributed by atoms with van der Waals surface area (Å²) in [5.41, 5.74) is 0. The van der Waals surface area contributed by atoms with E-state index in [1.807, 2.05) is 0 Å². The van der Waals surface area contributed by atoms with E-state index in [-0.39, 0.29) is 37.5 Å². The molecule has 0 aromatic rings. The van der Waals surface area contributed by atoms with Crippen LogP contribution >= 0.6 is 0 Å². The van der Waals surface area contributed by atoms with E-state index in [4.69, 9.17) is 14.2 Å². The van der Waals surface area contributed by atoms with Crippen LogP contribution in [0.1, 0.15) is 278 Å². The molecule has 0 aliphatic rings. The molecular formula is C59H104O6. The topological polar surface area (TPSA) is 78.9 Å². The molecule has 0 aromatic carbocycles. The van der Waals surface area contributed by atoms with Gasteiger partial charge in [-0.25, -0.2) is 0 Å². The van der Waals surface area contributed by atoms with Gasteiger partial charge in [0.1, 0.15) is 13.2 Å². The average molecular weight is 909 g/mol. The second-order valence-electron chi connectivity index (χ2n) is 18.5. The Balaban J connectivity index is 4.46. The maximum absolute atomic E-state index is 12.8. The predicted octanol–water partition coefficient (Wildman–Crippen LogP) is 18.4. The Morgan fingerprint density at radius 2 is 0.569 bits per heavy atom. The molecule has 0 spiro atoms.